The lowest BCUT2D eigenvalue weighted by molar-refractivity contribution is 0.0690. The Bertz CT molecular complexity index is 841. The number of amides is 1. The van der Waals surface area contributed by atoms with Crippen molar-refractivity contribution in [2.75, 3.05) is 5.32 Å². The van der Waals surface area contributed by atoms with Crippen LogP contribution in [-0.2, 0) is 0 Å². The van der Waals surface area contributed by atoms with E-state index in [1.807, 2.05) is 0 Å². The van der Waals surface area contributed by atoms with Gasteiger partial charge in [-0.2, -0.15) is 5.10 Å². The zero-order chi connectivity index (χ0) is 14.8. The molecule has 0 radical (unpaired) electrons. The van der Waals surface area contributed by atoms with Crippen molar-refractivity contribution in [3.63, 3.8) is 0 Å². The number of aromatic carboxylic acids is 1. The van der Waals surface area contributed by atoms with E-state index in [9.17, 15) is 9.59 Å². The first-order chi connectivity index (χ1) is 10.1. The van der Waals surface area contributed by atoms with Crippen molar-refractivity contribution in [2.24, 2.45) is 0 Å². The topological polar surface area (TPSA) is 108 Å². The van der Waals surface area contributed by atoms with Gasteiger partial charge in [0.1, 0.15) is 5.82 Å². The number of rotatable bonds is 3. The number of fused-ring (bicyclic) bond motifs is 1. The van der Waals surface area contributed by atoms with Gasteiger partial charge in [0.25, 0.3) is 5.91 Å². The van der Waals surface area contributed by atoms with Crippen LogP contribution in [-0.4, -0.2) is 32.2 Å². The number of benzene rings is 1. The monoisotopic (exact) mass is 282 g/mol. The van der Waals surface area contributed by atoms with Crippen LogP contribution < -0.4 is 5.32 Å². The Labute approximate surface area is 118 Å². The molecule has 104 valence electrons. The van der Waals surface area contributed by atoms with Crippen LogP contribution in [0.25, 0.3) is 10.9 Å². The molecule has 2 aromatic heterocycles. The number of carbonyl (C=O) groups is 2. The smallest absolute Gasteiger partial charge is 0.354 e. The van der Waals surface area contributed by atoms with Crippen molar-refractivity contribution in [1.82, 2.24) is 15.2 Å². The quantitative estimate of drug-likeness (QED) is 0.680. The van der Waals surface area contributed by atoms with Crippen LogP contribution in [0.15, 0.2) is 42.6 Å². The van der Waals surface area contributed by atoms with E-state index in [1.54, 1.807) is 24.4 Å². The molecule has 1 aromatic carbocycles. The SMILES string of the molecule is O=C(Nc1cccc(C(=O)O)n1)c1ccc2[nH]ncc2c1. The summed E-state index contributed by atoms with van der Waals surface area (Å²) in [6.45, 7) is 0. The summed E-state index contributed by atoms with van der Waals surface area (Å²) < 4.78 is 0. The van der Waals surface area contributed by atoms with Gasteiger partial charge in [-0.3, -0.25) is 9.89 Å². The zero-order valence-electron chi connectivity index (χ0n) is 10.7. The Morgan fingerprint density at radius 2 is 2.05 bits per heavy atom. The first kappa shape index (κ1) is 12.8. The van der Waals surface area contributed by atoms with E-state index in [0.29, 0.717) is 5.56 Å². The van der Waals surface area contributed by atoms with Crippen LogP contribution in [0.1, 0.15) is 20.8 Å². The lowest BCUT2D eigenvalue weighted by Gasteiger charge is -2.05. The summed E-state index contributed by atoms with van der Waals surface area (Å²) >= 11 is 0. The van der Waals surface area contributed by atoms with E-state index >= 15 is 0 Å². The Morgan fingerprint density at radius 3 is 2.86 bits per heavy atom. The third-order valence-electron chi connectivity index (χ3n) is 2.91. The maximum Gasteiger partial charge on any atom is 0.354 e. The predicted molar refractivity (Wildman–Crippen MR) is 75.2 cm³/mol. The van der Waals surface area contributed by atoms with E-state index in [1.165, 1.54) is 18.2 Å². The molecule has 3 N–H and O–H groups in total. The standard InChI is InChI=1S/C14H10N4O3/c19-13(8-4-5-10-9(6-8)7-15-18-10)17-12-3-1-2-11(16-12)14(20)21/h1-7H,(H,15,18)(H,20,21)(H,16,17,19). The first-order valence-corrected chi connectivity index (χ1v) is 6.08. The van der Waals surface area contributed by atoms with Gasteiger partial charge in [0, 0.05) is 10.9 Å². The number of pyridine rings is 1. The van der Waals surface area contributed by atoms with E-state index in [2.05, 4.69) is 20.5 Å². The van der Waals surface area contributed by atoms with Crippen LogP contribution in [0, 0.1) is 0 Å². The van der Waals surface area contributed by atoms with Crippen LogP contribution in [0.3, 0.4) is 0 Å². The van der Waals surface area contributed by atoms with Gasteiger partial charge >= 0.3 is 5.97 Å². The summed E-state index contributed by atoms with van der Waals surface area (Å²) in [6.07, 6.45) is 1.62. The van der Waals surface area contributed by atoms with Crippen molar-refractivity contribution in [2.45, 2.75) is 0 Å². The van der Waals surface area contributed by atoms with Gasteiger partial charge in [-0.15, -0.1) is 0 Å². The number of carboxylic acid groups (broad SMARTS) is 1. The molecule has 0 saturated heterocycles. The molecule has 0 fully saturated rings. The second-order valence-corrected chi connectivity index (χ2v) is 4.34. The molecule has 1 amide bonds. The normalized spacial score (nSPS) is 10.5. The van der Waals surface area contributed by atoms with Gasteiger partial charge in [0.15, 0.2) is 5.69 Å². The maximum absolute atomic E-state index is 12.1. The Morgan fingerprint density at radius 1 is 1.19 bits per heavy atom. The van der Waals surface area contributed by atoms with Crippen molar-refractivity contribution in [3.05, 3.63) is 53.9 Å². The summed E-state index contributed by atoms with van der Waals surface area (Å²) in [4.78, 5) is 26.8. The van der Waals surface area contributed by atoms with E-state index in [-0.39, 0.29) is 17.4 Å². The minimum absolute atomic E-state index is 0.127. The summed E-state index contributed by atoms with van der Waals surface area (Å²) in [5.41, 5.74) is 1.14. The van der Waals surface area contributed by atoms with Crippen LogP contribution >= 0.6 is 0 Å². The highest BCUT2D eigenvalue weighted by Gasteiger charge is 2.10. The molecule has 0 atom stereocenters. The second-order valence-electron chi connectivity index (χ2n) is 4.34. The molecule has 7 nitrogen and oxygen atoms in total. The Kier molecular flexibility index (Phi) is 3.07. The summed E-state index contributed by atoms with van der Waals surface area (Å²) in [7, 11) is 0. The maximum atomic E-state index is 12.1. The zero-order valence-corrected chi connectivity index (χ0v) is 10.7. The molecule has 0 aliphatic heterocycles. The molecule has 3 rings (SSSR count). The number of aromatic amines is 1. The minimum Gasteiger partial charge on any atom is -0.477 e. The third-order valence-corrected chi connectivity index (χ3v) is 2.91. The first-order valence-electron chi connectivity index (χ1n) is 6.08. The Balaban J connectivity index is 1.85. The van der Waals surface area contributed by atoms with Crippen LogP contribution in [0.5, 0.6) is 0 Å². The van der Waals surface area contributed by atoms with Crippen LogP contribution in [0.4, 0.5) is 5.82 Å². The van der Waals surface area contributed by atoms with Crippen molar-refractivity contribution in [1.29, 1.82) is 0 Å². The summed E-state index contributed by atoms with van der Waals surface area (Å²) in [5, 5.41) is 18.9. The van der Waals surface area contributed by atoms with Gasteiger partial charge in [0.2, 0.25) is 0 Å². The number of aromatic nitrogens is 3. The van der Waals surface area contributed by atoms with Crippen molar-refractivity contribution < 1.29 is 14.7 Å². The average Bonchev–Trinajstić information content (AvgIpc) is 2.94. The molecule has 7 heteroatoms. The molecule has 0 unspecified atom stereocenters. The van der Waals surface area contributed by atoms with Gasteiger partial charge in [0.05, 0.1) is 11.7 Å². The molecular weight excluding hydrogens is 272 g/mol. The highest BCUT2D eigenvalue weighted by atomic mass is 16.4. The highest BCUT2D eigenvalue weighted by molar-refractivity contribution is 6.05. The highest BCUT2D eigenvalue weighted by Crippen LogP contribution is 2.14. The molecule has 0 bridgehead atoms. The predicted octanol–water partition coefficient (Wildman–Crippen LogP) is 1.91. The van der Waals surface area contributed by atoms with E-state index < -0.39 is 5.97 Å². The molecule has 0 aliphatic carbocycles. The minimum atomic E-state index is -1.15. The number of carbonyl (C=O) groups excluding carboxylic acids is 1. The third kappa shape index (κ3) is 2.57. The van der Waals surface area contributed by atoms with E-state index in [4.69, 9.17) is 5.11 Å². The molecule has 2 heterocycles. The molecule has 0 aliphatic rings. The summed E-state index contributed by atoms with van der Waals surface area (Å²) in [6, 6.07) is 9.49. The number of hydrogen-bond acceptors (Lipinski definition) is 4. The fourth-order valence-corrected chi connectivity index (χ4v) is 1.90. The number of nitrogens with zero attached hydrogens (tertiary/aromatic N) is 2. The van der Waals surface area contributed by atoms with Crippen LogP contribution in [0.2, 0.25) is 0 Å². The van der Waals surface area contributed by atoms with Gasteiger partial charge in [-0.05, 0) is 30.3 Å². The van der Waals surface area contributed by atoms with Crippen molar-refractivity contribution >= 4 is 28.6 Å². The number of hydrogen-bond donors (Lipinski definition) is 3. The molecule has 0 spiro atoms. The largest absolute Gasteiger partial charge is 0.477 e. The summed E-state index contributed by atoms with van der Waals surface area (Å²) in [5.74, 6) is -1.33. The molecule has 21 heavy (non-hydrogen) atoms. The Hall–Kier alpha value is -3.22. The van der Waals surface area contributed by atoms with E-state index in [0.717, 1.165) is 10.9 Å². The number of carboxylic acids is 1. The van der Waals surface area contributed by atoms with Gasteiger partial charge in [-0.25, -0.2) is 9.78 Å². The second kappa shape index (κ2) is 5.04. The lowest BCUT2D eigenvalue weighted by Crippen LogP contribution is -2.14. The number of anilines is 1. The number of nitrogens with one attached hydrogen (secondary N) is 2. The van der Waals surface area contributed by atoms with Gasteiger partial charge in [-0.1, -0.05) is 6.07 Å². The fraction of sp³-hybridized carbons (Fsp3) is 0. The lowest BCUT2D eigenvalue weighted by atomic mass is 10.1. The average molecular weight is 282 g/mol. The molecular formula is C14H10N4O3. The molecule has 0 saturated carbocycles. The fourth-order valence-electron chi connectivity index (χ4n) is 1.90. The van der Waals surface area contributed by atoms with Gasteiger partial charge < -0.3 is 10.4 Å². The number of H-pyrrole nitrogens is 1. The van der Waals surface area contributed by atoms with Crippen molar-refractivity contribution in [3.8, 4) is 0 Å². The molecule has 3 aromatic rings.